The van der Waals surface area contributed by atoms with Gasteiger partial charge in [-0.25, -0.2) is 0 Å². The van der Waals surface area contributed by atoms with Crippen LogP contribution in [-0.2, 0) is 5.41 Å². The van der Waals surface area contributed by atoms with Crippen molar-refractivity contribution >= 4 is 64.6 Å². The monoisotopic (exact) mass is 798 g/mol. The van der Waals surface area contributed by atoms with Crippen LogP contribution in [-0.4, -0.2) is 0 Å². The quantitative estimate of drug-likeness (QED) is 0.156. The molecule has 0 aliphatic heterocycles. The molecule has 1 aliphatic carbocycles. The third kappa shape index (κ3) is 5.22. The molecule has 0 heteroatoms. The molecule has 12 aromatic carbocycles. The Labute approximate surface area is 367 Å². The van der Waals surface area contributed by atoms with E-state index in [0.29, 0.717) is 0 Å². The van der Waals surface area contributed by atoms with Crippen LogP contribution in [0.5, 0.6) is 0 Å². The van der Waals surface area contributed by atoms with Crippen LogP contribution in [0, 0.1) is 0 Å². The first kappa shape index (κ1) is 35.9. The van der Waals surface area contributed by atoms with Crippen molar-refractivity contribution in [3.05, 3.63) is 230 Å². The van der Waals surface area contributed by atoms with Crippen LogP contribution < -0.4 is 0 Å². The second-order valence-corrected chi connectivity index (χ2v) is 17.9. The van der Waals surface area contributed by atoms with Gasteiger partial charge in [0, 0.05) is 5.41 Å². The minimum Gasteiger partial charge on any atom is -0.0619 e. The molecular weight excluding hydrogens is 757 g/mol. The molecule has 0 fully saturated rings. The van der Waals surface area contributed by atoms with Crippen LogP contribution in [0.2, 0.25) is 0 Å². The summed E-state index contributed by atoms with van der Waals surface area (Å²) in [6.07, 6.45) is 0. The average Bonchev–Trinajstić information content (AvgIpc) is 3.57. The van der Waals surface area contributed by atoms with E-state index in [4.69, 9.17) is 0 Å². The van der Waals surface area contributed by atoms with Gasteiger partial charge < -0.3 is 0 Å². The highest BCUT2D eigenvalue weighted by Crippen LogP contribution is 2.56. The molecule has 0 amide bonds. The van der Waals surface area contributed by atoms with E-state index in [1.54, 1.807) is 0 Å². The third-order valence-electron chi connectivity index (χ3n) is 14.2. The molecule has 13 rings (SSSR count). The lowest BCUT2D eigenvalue weighted by atomic mass is 9.78. The van der Waals surface area contributed by atoms with Crippen molar-refractivity contribution in [2.24, 2.45) is 0 Å². The maximum absolute atomic E-state index is 2.54. The van der Waals surface area contributed by atoms with E-state index in [1.165, 1.54) is 131 Å². The fraction of sp³-hybridized carbons (Fsp3) is 0.0476. The topological polar surface area (TPSA) is 0 Å². The Morgan fingerprint density at radius 3 is 1.25 bits per heavy atom. The SMILES string of the molecule is CC1(C)c2ccccc2-c2c1cc(-c1c3ccccc3c(-c3c4ccccc4c(-c4cccc(-c5ccc6ccccc6c5)c4)c4ccccc34)c3ccccc13)c1ccccc21. The second kappa shape index (κ2) is 13.6. The highest BCUT2D eigenvalue weighted by Gasteiger charge is 2.37. The van der Waals surface area contributed by atoms with E-state index >= 15 is 0 Å². The Morgan fingerprint density at radius 1 is 0.238 bits per heavy atom. The summed E-state index contributed by atoms with van der Waals surface area (Å²) in [7, 11) is 0. The summed E-state index contributed by atoms with van der Waals surface area (Å²) < 4.78 is 0. The number of hydrogen-bond acceptors (Lipinski definition) is 0. The van der Waals surface area contributed by atoms with Gasteiger partial charge in [-0.15, -0.1) is 0 Å². The van der Waals surface area contributed by atoms with Gasteiger partial charge in [0.05, 0.1) is 0 Å². The summed E-state index contributed by atoms with van der Waals surface area (Å²) in [4.78, 5) is 0. The van der Waals surface area contributed by atoms with Crippen molar-refractivity contribution in [3.8, 4) is 55.6 Å². The van der Waals surface area contributed by atoms with Crippen LogP contribution in [0.1, 0.15) is 25.0 Å². The van der Waals surface area contributed by atoms with Gasteiger partial charge in [-0.05, 0) is 150 Å². The van der Waals surface area contributed by atoms with E-state index in [9.17, 15) is 0 Å². The van der Waals surface area contributed by atoms with Crippen molar-refractivity contribution in [2.75, 3.05) is 0 Å². The molecule has 1 aliphatic rings. The summed E-state index contributed by atoms with van der Waals surface area (Å²) in [5.41, 5.74) is 15.5. The number of hydrogen-bond donors (Lipinski definition) is 0. The van der Waals surface area contributed by atoms with Crippen LogP contribution in [0.25, 0.3) is 120 Å². The first-order chi connectivity index (χ1) is 31.0. The second-order valence-electron chi connectivity index (χ2n) is 17.9. The summed E-state index contributed by atoms with van der Waals surface area (Å²) in [5, 5.41) is 15.2. The van der Waals surface area contributed by atoms with Crippen LogP contribution >= 0.6 is 0 Å². The zero-order chi connectivity index (χ0) is 41.8. The highest BCUT2D eigenvalue weighted by molar-refractivity contribution is 6.31. The van der Waals surface area contributed by atoms with Gasteiger partial charge in [0.25, 0.3) is 0 Å². The van der Waals surface area contributed by atoms with Crippen molar-refractivity contribution in [3.63, 3.8) is 0 Å². The predicted octanol–water partition coefficient (Wildman–Crippen LogP) is 17.6. The molecule has 0 unspecified atom stereocenters. The first-order valence-corrected chi connectivity index (χ1v) is 22.2. The van der Waals surface area contributed by atoms with Crippen molar-refractivity contribution in [2.45, 2.75) is 19.3 Å². The molecule has 0 atom stereocenters. The zero-order valence-corrected chi connectivity index (χ0v) is 35.3. The van der Waals surface area contributed by atoms with E-state index < -0.39 is 0 Å². The van der Waals surface area contributed by atoms with Gasteiger partial charge in [0.1, 0.15) is 0 Å². The molecule has 0 N–H and O–H groups in total. The first-order valence-electron chi connectivity index (χ1n) is 22.2. The Balaban J connectivity index is 1.10. The fourth-order valence-corrected chi connectivity index (χ4v) is 11.4. The summed E-state index contributed by atoms with van der Waals surface area (Å²) in [5.74, 6) is 0. The molecule has 0 saturated heterocycles. The molecule has 0 radical (unpaired) electrons. The van der Waals surface area contributed by atoms with Gasteiger partial charge in [-0.2, -0.15) is 0 Å². The minimum atomic E-state index is -0.134. The van der Waals surface area contributed by atoms with E-state index in [2.05, 4.69) is 232 Å². The van der Waals surface area contributed by atoms with Crippen LogP contribution in [0.4, 0.5) is 0 Å². The fourth-order valence-electron chi connectivity index (χ4n) is 11.4. The maximum atomic E-state index is 2.54. The Hall–Kier alpha value is -7.80. The molecule has 0 heterocycles. The van der Waals surface area contributed by atoms with Gasteiger partial charge >= 0.3 is 0 Å². The lowest BCUT2D eigenvalue weighted by Gasteiger charge is -2.25. The Kier molecular flexibility index (Phi) is 7.75. The molecule has 0 spiro atoms. The van der Waals surface area contributed by atoms with E-state index in [-0.39, 0.29) is 5.41 Å². The third-order valence-corrected chi connectivity index (χ3v) is 14.2. The van der Waals surface area contributed by atoms with Crippen LogP contribution in [0.15, 0.2) is 218 Å². The summed E-state index contributed by atoms with van der Waals surface area (Å²) in [6.45, 7) is 4.80. The molecule has 0 bridgehead atoms. The van der Waals surface area contributed by atoms with Gasteiger partial charge in [0.15, 0.2) is 0 Å². The Bertz CT molecular complexity index is 3770. The maximum Gasteiger partial charge on any atom is 0.0159 e. The van der Waals surface area contributed by atoms with Crippen LogP contribution in [0.3, 0.4) is 0 Å². The van der Waals surface area contributed by atoms with E-state index in [0.717, 1.165) is 0 Å². The van der Waals surface area contributed by atoms with Gasteiger partial charge in [0.2, 0.25) is 0 Å². The molecule has 0 nitrogen and oxygen atoms in total. The summed E-state index contributed by atoms with van der Waals surface area (Å²) >= 11 is 0. The predicted molar refractivity (Wildman–Crippen MR) is 271 cm³/mol. The normalized spacial score (nSPS) is 13.0. The minimum absolute atomic E-state index is 0.134. The average molecular weight is 799 g/mol. The standard InChI is InChI=1S/C63H42/c1-63(2)56-33-16-15-32-54(56)60-45-23-6-5-22-44(45)55(38-57(60)63)59-48-26-9-13-30-52(48)62(53-31-14-10-27-49(53)59)61-50-28-11-7-24-46(50)58(47-25-8-12-29-51(47)61)43-21-17-20-41(37-43)42-35-34-39-18-3-4-19-40(39)36-42/h3-38H,1-2H3. The number of benzene rings is 12. The lowest BCUT2D eigenvalue weighted by molar-refractivity contribution is 0.661. The lowest BCUT2D eigenvalue weighted by Crippen LogP contribution is -2.15. The largest absolute Gasteiger partial charge is 0.0619 e. The van der Waals surface area contributed by atoms with Crippen molar-refractivity contribution < 1.29 is 0 Å². The summed E-state index contributed by atoms with van der Waals surface area (Å²) in [6, 6.07) is 81.8. The molecule has 12 aromatic rings. The number of rotatable bonds is 4. The Morgan fingerprint density at radius 2 is 0.667 bits per heavy atom. The molecule has 0 aromatic heterocycles. The van der Waals surface area contributed by atoms with E-state index in [1.807, 2.05) is 0 Å². The molecule has 63 heavy (non-hydrogen) atoms. The molecular formula is C63H42. The number of fused-ring (bicyclic) bond motifs is 10. The van der Waals surface area contributed by atoms with Crippen molar-refractivity contribution in [1.29, 1.82) is 0 Å². The molecule has 294 valence electrons. The molecule has 0 saturated carbocycles. The highest BCUT2D eigenvalue weighted by atomic mass is 14.4. The van der Waals surface area contributed by atoms with Crippen molar-refractivity contribution in [1.82, 2.24) is 0 Å². The van der Waals surface area contributed by atoms with Gasteiger partial charge in [-0.1, -0.05) is 214 Å². The zero-order valence-electron chi connectivity index (χ0n) is 35.3. The van der Waals surface area contributed by atoms with Gasteiger partial charge in [-0.3, -0.25) is 0 Å². The smallest absolute Gasteiger partial charge is 0.0159 e.